The third-order valence-electron chi connectivity index (χ3n) is 0.993. The summed E-state index contributed by atoms with van der Waals surface area (Å²) < 4.78 is 21.5. The first-order valence-corrected chi connectivity index (χ1v) is 4.01. The molecular weight excluding hydrogens is 156 g/mol. The molecule has 0 atom stereocenters. The Morgan fingerprint density at radius 1 is 1.70 bits per heavy atom. The standard InChI is InChI=1S/C4H6N2O3S/c5-3-2-10(8,9)4(1-7)6-3/h2,7H,1,5H2. The smallest absolute Gasteiger partial charge is 0.219 e. The first kappa shape index (κ1) is 7.23. The van der Waals surface area contributed by atoms with Gasteiger partial charge in [0.05, 0.1) is 12.0 Å². The lowest BCUT2D eigenvalue weighted by Gasteiger charge is -1.89. The topological polar surface area (TPSA) is 92.8 Å². The van der Waals surface area contributed by atoms with Crippen molar-refractivity contribution in [3.63, 3.8) is 0 Å². The second-order valence-corrected chi connectivity index (χ2v) is 3.55. The molecule has 0 radical (unpaired) electrons. The van der Waals surface area contributed by atoms with E-state index >= 15 is 0 Å². The van der Waals surface area contributed by atoms with Gasteiger partial charge in [-0.15, -0.1) is 0 Å². The van der Waals surface area contributed by atoms with Gasteiger partial charge in [-0.3, -0.25) is 0 Å². The number of nitrogens with two attached hydrogens (primary N) is 1. The molecule has 5 nitrogen and oxygen atoms in total. The zero-order chi connectivity index (χ0) is 7.78. The van der Waals surface area contributed by atoms with Crippen molar-refractivity contribution in [3.8, 4) is 0 Å². The number of hydrogen-bond donors (Lipinski definition) is 2. The highest BCUT2D eigenvalue weighted by Crippen LogP contribution is 2.08. The molecule has 0 fully saturated rings. The molecule has 1 aliphatic heterocycles. The van der Waals surface area contributed by atoms with Crippen molar-refractivity contribution in [1.29, 1.82) is 0 Å². The van der Waals surface area contributed by atoms with Gasteiger partial charge in [-0.1, -0.05) is 0 Å². The number of aliphatic hydroxyl groups excluding tert-OH is 1. The molecule has 1 aliphatic rings. The largest absolute Gasteiger partial charge is 0.389 e. The van der Waals surface area contributed by atoms with Crippen molar-refractivity contribution in [1.82, 2.24) is 0 Å². The second-order valence-electron chi connectivity index (χ2n) is 1.75. The summed E-state index contributed by atoms with van der Waals surface area (Å²) in [5.41, 5.74) is 5.06. The van der Waals surface area contributed by atoms with E-state index in [-0.39, 0.29) is 10.9 Å². The van der Waals surface area contributed by atoms with Crippen LogP contribution in [0.1, 0.15) is 0 Å². The maximum atomic E-state index is 10.8. The Bertz CT molecular complexity index is 300. The van der Waals surface area contributed by atoms with Gasteiger partial charge in [0, 0.05) is 0 Å². The van der Waals surface area contributed by atoms with Crippen molar-refractivity contribution in [2.75, 3.05) is 6.61 Å². The first-order chi connectivity index (χ1) is 4.56. The molecule has 56 valence electrons. The van der Waals surface area contributed by atoms with Gasteiger partial charge in [-0.25, -0.2) is 13.4 Å². The number of aliphatic hydroxyl groups is 1. The molecule has 0 aromatic carbocycles. The minimum Gasteiger partial charge on any atom is -0.389 e. The van der Waals surface area contributed by atoms with Crippen LogP contribution in [0.5, 0.6) is 0 Å². The summed E-state index contributed by atoms with van der Waals surface area (Å²) in [5.74, 6) is -0.0796. The van der Waals surface area contributed by atoms with E-state index in [2.05, 4.69) is 4.99 Å². The number of rotatable bonds is 1. The Kier molecular flexibility index (Phi) is 1.49. The predicted molar refractivity (Wildman–Crippen MR) is 35.7 cm³/mol. The Hall–Kier alpha value is -0.880. The van der Waals surface area contributed by atoms with Gasteiger partial charge < -0.3 is 10.8 Å². The van der Waals surface area contributed by atoms with Crippen molar-refractivity contribution in [2.45, 2.75) is 0 Å². The van der Waals surface area contributed by atoms with Crippen LogP contribution in [-0.2, 0) is 9.84 Å². The van der Waals surface area contributed by atoms with E-state index in [1.165, 1.54) is 0 Å². The SMILES string of the molecule is NC1=CS(=O)(=O)C(CO)=N1. The van der Waals surface area contributed by atoms with Crippen molar-refractivity contribution >= 4 is 14.9 Å². The van der Waals surface area contributed by atoms with E-state index in [4.69, 9.17) is 10.8 Å². The Morgan fingerprint density at radius 3 is 2.50 bits per heavy atom. The average molecular weight is 162 g/mol. The highest BCUT2D eigenvalue weighted by Gasteiger charge is 2.22. The Balaban J connectivity index is 3.15. The van der Waals surface area contributed by atoms with Crippen LogP contribution in [0, 0.1) is 0 Å². The van der Waals surface area contributed by atoms with Crippen LogP contribution in [-0.4, -0.2) is 25.2 Å². The summed E-state index contributed by atoms with van der Waals surface area (Å²) in [7, 11) is -3.47. The zero-order valence-electron chi connectivity index (χ0n) is 4.98. The Labute approximate surface area is 57.8 Å². The summed E-state index contributed by atoms with van der Waals surface area (Å²) in [6.45, 7) is -0.598. The highest BCUT2D eigenvalue weighted by molar-refractivity contribution is 8.09. The van der Waals surface area contributed by atoms with Gasteiger partial charge in [0.2, 0.25) is 9.84 Å². The van der Waals surface area contributed by atoms with Crippen LogP contribution in [0.25, 0.3) is 0 Å². The van der Waals surface area contributed by atoms with Gasteiger partial charge in [0.25, 0.3) is 0 Å². The monoisotopic (exact) mass is 162 g/mol. The van der Waals surface area contributed by atoms with Gasteiger partial charge >= 0.3 is 0 Å². The van der Waals surface area contributed by atoms with Gasteiger partial charge in [-0.2, -0.15) is 0 Å². The van der Waals surface area contributed by atoms with Crippen LogP contribution < -0.4 is 5.73 Å². The number of nitrogens with zero attached hydrogens (tertiary/aromatic N) is 1. The molecule has 0 saturated heterocycles. The second kappa shape index (κ2) is 2.06. The van der Waals surface area contributed by atoms with Crippen molar-refractivity contribution in [3.05, 3.63) is 11.2 Å². The van der Waals surface area contributed by atoms with E-state index in [9.17, 15) is 8.42 Å². The minimum absolute atomic E-state index is 0.0796. The molecule has 0 spiro atoms. The fourth-order valence-electron chi connectivity index (χ4n) is 0.586. The maximum absolute atomic E-state index is 10.8. The zero-order valence-corrected chi connectivity index (χ0v) is 5.80. The quantitative estimate of drug-likeness (QED) is 0.494. The first-order valence-electron chi connectivity index (χ1n) is 2.47. The van der Waals surface area contributed by atoms with E-state index in [1.807, 2.05) is 0 Å². The van der Waals surface area contributed by atoms with Crippen LogP contribution in [0.4, 0.5) is 0 Å². The van der Waals surface area contributed by atoms with Crippen LogP contribution in [0.15, 0.2) is 16.2 Å². The van der Waals surface area contributed by atoms with Gasteiger partial charge in [0.15, 0.2) is 5.04 Å². The predicted octanol–water partition coefficient (Wildman–Crippen LogP) is -1.44. The summed E-state index contributed by atoms with van der Waals surface area (Å²) in [6, 6.07) is 0. The van der Waals surface area contributed by atoms with Crippen molar-refractivity contribution < 1.29 is 13.5 Å². The Morgan fingerprint density at radius 2 is 2.30 bits per heavy atom. The summed E-state index contributed by atoms with van der Waals surface area (Å²) >= 11 is 0. The molecule has 6 heteroatoms. The molecule has 0 aromatic rings. The lowest BCUT2D eigenvalue weighted by atomic mass is 10.7. The van der Waals surface area contributed by atoms with E-state index in [1.54, 1.807) is 0 Å². The number of hydrogen-bond acceptors (Lipinski definition) is 5. The minimum atomic E-state index is -3.47. The maximum Gasteiger partial charge on any atom is 0.219 e. The molecular formula is C4H6N2O3S. The van der Waals surface area contributed by atoms with Gasteiger partial charge in [-0.05, 0) is 0 Å². The summed E-state index contributed by atoms with van der Waals surface area (Å²) in [4.78, 5) is 3.38. The molecule has 0 unspecified atom stereocenters. The van der Waals surface area contributed by atoms with Crippen LogP contribution >= 0.6 is 0 Å². The third-order valence-corrected chi connectivity index (χ3v) is 2.42. The summed E-state index contributed by atoms with van der Waals surface area (Å²) in [5, 5.41) is 8.95. The van der Waals surface area contributed by atoms with E-state index in [0.717, 1.165) is 5.41 Å². The summed E-state index contributed by atoms with van der Waals surface area (Å²) in [6.07, 6.45) is 0. The molecule has 10 heavy (non-hydrogen) atoms. The molecule has 0 aliphatic carbocycles. The molecule has 0 bridgehead atoms. The lowest BCUT2D eigenvalue weighted by molar-refractivity contribution is 0.359. The number of aliphatic imine (C=N–C) groups is 1. The molecule has 0 amide bonds. The lowest BCUT2D eigenvalue weighted by Crippen LogP contribution is -2.12. The molecule has 0 aromatic heterocycles. The van der Waals surface area contributed by atoms with Crippen LogP contribution in [0.2, 0.25) is 0 Å². The fourth-order valence-corrected chi connectivity index (χ4v) is 1.51. The molecule has 1 rings (SSSR count). The molecule has 1 heterocycles. The molecule has 0 saturated carbocycles. The van der Waals surface area contributed by atoms with E-state index in [0.29, 0.717) is 0 Å². The average Bonchev–Trinajstić information content (AvgIpc) is 2.04. The fraction of sp³-hybridized carbons (Fsp3) is 0.250. The molecule has 3 N–H and O–H groups in total. The van der Waals surface area contributed by atoms with Crippen LogP contribution in [0.3, 0.4) is 0 Å². The third kappa shape index (κ3) is 1.03. The number of sulfone groups is 1. The van der Waals surface area contributed by atoms with Gasteiger partial charge in [0.1, 0.15) is 5.82 Å². The normalized spacial score (nSPS) is 22.1. The van der Waals surface area contributed by atoms with E-state index < -0.39 is 16.4 Å². The highest BCUT2D eigenvalue weighted by atomic mass is 32.2. The van der Waals surface area contributed by atoms with Crippen molar-refractivity contribution in [2.24, 2.45) is 10.7 Å².